The molecule has 3 aromatic rings. The van der Waals surface area contributed by atoms with Gasteiger partial charge in [0.25, 0.3) is 0 Å². The summed E-state index contributed by atoms with van der Waals surface area (Å²) in [6.45, 7) is 1.79. The first kappa shape index (κ1) is 25.3. The SMILES string of the molecule is Cc1ccc(S(=O)(=O)NCCc2ccc(OCc3ccc(C(F)(F)F)cc3)cc2)cc1C(=O)O. The van der Waals surface area contributed by atoms with Crippen molar-refractivity contribution in [3.8, 4) is 5.75 Å². The molecule has 0 aromatic heterocycles. The molecule has 0 aliphatic heterocycles. The van der Waals surface area contributed by atoms with E-state index in [0.717, 1.165) is 23.8 Å². The zero-order valence-electron chi connectivity index (χ0n) is 18.1. The number of aromatic carboxylic acids is 1. The highest BCUT2D eigenvalue weighted by Crippen LogP contribution is 2.29. The van der Waals surface area contributed by atoms with Crippen molar-refractivity contribution in [3.63, 3.8) is 0 Å². The minimum atomic E-state index is -4.38. The molecule has 3 rings (SSSR count). The van der Waals surface area contributed by atoms with Gasteiger partial charge in [-0.3, -0.25) is 0 Å². The predicted molar refractivity (Wildman–Crippen MR) is 119 cm³/mol. The summed E-state index contributed by atoms with van der Waals surface area (Å²) in [5, 5.41) is 9.18. The van der Waals surface area contributed by atoms with Crippen LogP contribution in [0.2, 0.25) is 0 Å². The van der Waals surface area contributed by atoms with Crippen molar-refractivity contribution in [1.82, 2.24) is 4.72 Å². The largest absolute Gasteiger partial charge is 0.489 e. The van der Waals surface area contributed by atoms with Crippen molar-refractivity contribution in [2.24, 2.45) is 0 Å². The van der Waals surface area contributed by atoms with Crippen LogP contribution >= 0.6 is 0 Å². The van der Waals surface area contributed by atoms with Gasteiger partial charge in [-0.1, -0.05) is 30.3 Å². The molecule has 3 aromatic carbocycles. The van der Waals surface area contributed by atoms with E-state index in [9.17, 15) is 31.5 Å². The number of carboxylic acid groups (broad SMARTS) is 1. The topological polar surface area (TPSA) is 92.7 Å². The number of carboxylic acids is 1. The monoisotopic (exact) mass is 493 g/mol. The van der Waals surface area contributed by atoms with Crippen LogP contribution in [-0.4, -0.2) is 26.0 Å². The second kappa shape index (κ2) is 10.3. The van der Waals surface area contributed by atoms with Crippen molar-refractivity contribution in [2.75, 3.05) is 6.54 Å². The third-order valence-electron chi connectivity index (χ3n) is 5.07. The number of benzene rings is 3. The number of sulfonamides is 1. The van der Waals surface area contributed by atoms with Crippen molar-refractivity contribution in [3.05, 3.63) is 94.5 Å². The normalized spacial score (nSPS) is 11.9. The first-order valence-electron chi connectivity index (χ1n) is 10.2. The van der Waals surface area contributed by atoms with E-state index in [0.29, 0.717) is 23.3 Å². The van der Waals surface area contributed by atoms with Gasteiger partial charge in [0.05, 0.1) is 16.0 Å². The molecule has 0 amide bonds. The Balaban J connectivity index is 1.52. The summed E-state index contributed by atoms with van der Waals surface area (Å²) in [5.41, 5.74) is 1.09. The van der Waals surface area contributed by atoms with Crippen LogP contribution in [0, 0.1) is 6.92 Å². The molecule has 0 bridgehead atoms. The van der Waals surface area contributed by atoms with Gasteiger partial charge in [-0.25, -0.2) is 17.9 Å². The molecule has 0 heterocycles. The molecule has 10 heteroatoms. The molecule has 0 saturated carbocycles. The first-order chi connectivity index (χ1) is 16.0. The lowest BCUT2D eigenvalue weighted by Gasteiger charge is -2.10. The van der Waals surface area contributed by atoms with Crippen LogP contribution < -0.4 is 9.46 Å². The molecule has 0 aliphatic rings. The maximum atomic E-state index is 12.6. The van der Waals surface area contributed by atoms with Gasteiger partial charge < -0.3 is 9.84 Å². The van der Waals surface area contributed by atoms with Gasteiger partial charge in [0, 0.05) is 6.54 Å². The molecular formula is C24H22F3NO5S. The Morgan fingerprint density at radius 1 is 0.971 bits per heavy atom. The van der Waals surface area contributed by atoms with Gasteiger partial charge in [0.15, 0.2) is 0 Å². The van der Waals surface area contributed by atoms with E-state index in [2.05, 4.69) is 4.72 Å². The van der Waals surface area contributed by atoms with Crippen LogP contribution in [-0.2, 0) is 29.2 Å². The summed E-state index contributed by atoms with van der Waals surface area (Å²) in [7, 11) is -3.87. The zero-order valence-corrected chi connectivity index (χ0v) is 18.9. The summed E-state index contributed by atoms with van der Waals surface area (Å²) >= 11 is 0. The number of hydrogen-bond donors (Lipinski definition) is 2. The van der Waals surface area contributed by atoms with E-state index >= 15 is 0 Å². The minimum absolute atomic E-state index is 0.0743. The smallest absolute Gasteiger partial charge is 0.416 e. The lowest BCUT2D eigenvalue weighted by atomic mass is 10.1. The van der Waals surface area contributed by atoms with E-state index in [1.807, 2.05) is 0 Å². The highest BCUT2D eigenvalue weighted by Gasteiger charge is 2.29. The molecule has 0 aliphatic carbocycles. The van der Waals surface area contributed by atoms with Crippen molar-refractivity contribution in [1.29, 1.82) is 0 Å². The Hall–Kier alpha value is -3.37. The highest BCUT2D eigenvalue weighted by molar-refractivity contribution is 7.89. The Labute approximate surface area is 195 Å². The average Bonchev–Trinajstić information content (AvgIpc) is 2.78. The Morgan fingerprint density at radius 2 is 1.59 bits per heavy atom. The maximum absolute atomic E-state index is 12.6. The van der Waals surface area contributed by atoms with Crippen LogP contribution in [0.5, 0.6) is 5.75 Å². The minimum Gasteiger partial charge on any atom is -0.489 e. The average molecular weight is 494 g/mol. The fourth-order valence-corrected chi connectivity index (χ4v) is 4.18. The number of halogens is 3. The van der Waals surface area contributed by atoms with E-state index in [4.69, 9.17) is 4.74 Å². The Morgan fingerprint density at radius 3 is 2.18 bits per heavy atom. The van der Waals surface area contributed by atoms with Crippen LogP contribution in [0.15, 0.2) is 71.6 Å². The molecule has 2 N–H and O–H groups in total. The zero-order chi connectivity index (χ0) is 24.9. The quantitative estimate of drug-likeness (QED) is 0.446. The summed E-state index contributed by atoms with van der Waals surface area (Å²) in [5.74, 6) is -0.680. The summed E-state index contributed by atoms with van der Waals surface area (Å²) in [6, 6.07) is 15.5. The second-order valence-corrected chi connectivity index (χ2v) is 9.32. The van der Waals surface area contributed by atoms with E-state index < -0.39 is 27.7 Å². The van der Waals surface area contributed by atoms with E-state index in [1.54, 1.807) is 31.2 Å². The molecule has 6 nitrogen and oxygen atoms in total. The van der Waals surface area contributed by atoms with Gasteiger partial charge in [-0.15, -0.1) is 0 Å². The third kappa shape index (κ3) is 6.58. The van der Waals surface area contributed by atoms with Crippen LogP contribution in [0.3, 0.4) is 0 Å². The van der Waals surface area contributed by atoms with Crippen molar-refractivity contribution >= 4 is 16.0 Å². The molecular weight excluding hydrogens is 471 g/mol. The number of alkyl halides is 3. The summed E-state index contributed by atoms with van der Waals surface area (Å²) in [4.78, 5) is 11.1. The lowest BCUT2D eigenvalue weighted by molar-refractivity contribution is -0.137. The molecule has 180 valence electrons. The maximum Gasteiger partial charge on any atom is 0.416 e. The summed E-state index contributed by atoms with van der Waals surface area (Å²) < 4.78 is 70.8. The van der Waals surface area contributed by atoms with Gasteiger partial charge in [-0.2, -0.15) is 13.2 Å². The number of rotatable bonds is 9. The molecule has 0 spiro atoms. The molecule has 0 unspecified atom stereocenters. The van der Waals surface area contributed by atoms with Gasteiger partial charge in [0.2, 0.25) is 10.0 Å². The second-order valence-electron chi connectivity index (χ2n) is 7.56. The first-order valence-corrected chi connectivity index (χ1v) is 11.7. The highest BCUT2D eigenvalue weighted by atomic mass is 32.2. The van der Waals surface area contributed by atoms with Crippen molar-refractivity contribution in [2.45, 2.75) is 31.0 Å². The fraction of sp³-hybridized carbons (Fsp3) is 0.208. The third-order valence-corrected chi connectivity index (χ3v) is 6.52. The van der Waals surface area contributed by atoms with Gasteiger partial charge in [-0.05, 0) is 66.4 Å². The number of aryl methyl sites for hydroxylation is 1. The molecule has 0 atom stereocenters. The van der Waals surface area contributed by atoms with Gasteiger partial charge in [0.1, 0.15) is 12.4 Å². The molecule has 34 heavy (non-hydrogen) atoms. The number of hydrogen-bond acceptors (Lipinski definition) is 4. The van der Waals surface area contributed by atoms with Crippen LogP contribution in [0.25, 0.3) is 0 Å². The predicted octanol–water partition coefficient (Wildman–Crippen LogP) is 4.81. The fourth-order valence-electron chi connectivity index (χ4n) is 3.12. The number of carbonyl (C=O) groups is 1. The van der Waals surface area contributed by atoms with E-state index in [-0.39, 0.29) is 23.6 Å². The number of nitrogens with one attached hydrogen (secondary N) is 1. The Bertz CT molecular complexity index is 1260. The molecule has 0 radical (unpaired) electrons. The molecule has 0 fully saturated rings. The number of ether oxygens (including phenoxy) is 1. The van der Waals surface area contributed by atoms with Crippen LogP contribution in [0.4, 0.5) is 13.2 Å². The van der Waals surface area contributed by atoms with E-state index in [1.165, 1.54) is 24.3 Å². The standard InChI is InChI=1S/C24H22F3NO5S/c1-16-2-11-21(14-22(16)23(29)30)34(31,32)28-13-12-17-5-9-20(10-6-17)33-15-18-3-7-19(8-4-18)24(25,26)27/h2-11,14,28H,12-13,15H2,1H3,(H,29,30). The Kier molecular flexibility index (Phi) is 7.63. The van der Waals surface area contributed by atoms with Crippen LogP contribution in [0.1, 0.15) is 32.6 Å². The molecule has 0 saturated heterocycles. The van der Waals surface area contributed by atoms with Crippen molar-refractivity contribution < 1.29 is 36.2 Å². The van der Waals surface area contributed by atoms with Gasteiger partial charge >= 0.3 is 12.1 Å². The summed E-state index contributed by atoms with van der Waals surface area (Å²) in [6.07, 6.45) is -4.00. The lowest BCUT2D eigenvalue weighted by Crippen LogP contribution is -2.26.